The first kappa shape index (κ1) is 9.07. The zero-order chi connectivity index (χ0) is 5.98. The molecule has 1 rings (SSSR count). The minimum absolute atomic E-state index is 0. The first-order chi connectivity index (χ1) is 3.80. The molecule has 0 radical (unpaired) electrons. The Balaban J connectivity index is 0.000000640. The predicted octanol–water partition coefficient (Wildman–Crippen LogP) is 0.613. The molecule has 0 aromatic heterocycles. The zero-order valence-electron chi connectivity index (χ0n) is 4.76. The summed E-state index contributed by atoms with van der Waals surface area (Å²) in [6.07, 6.45) is 4.01. The summed E-state index contributed by atoms with van der Waals surface area (Å²) in [6, 6.07) is 0. The molecule has 0 aromatic rings. The molecule has 3 heteroatoms. The van der Waals surface area contributed by atoms with E-state index in [-0.39, 0.29) is 24.8 Å². The SMILES string of the molecule is O=C(O)C1CCCC1.[LiH]. The van der Waals surface area contributed by atoms with Gasteiger partial charge in [-0.15, -0.1) is 0 Å². The second kappa shape index (κ2) is 3.98. The van der Waals surface area contributed by atoms with Crippen LogP contribution in [0.1, 0.15) is 25.7 Å². The van der Waals surface area contributed by atoms with E-state index in [1.54, 1.807) is 0 Å². The molecular formula is C6H11LiO2. The molecule has 48 valence electrons. The van der Waals surface area contributed by atoms with Crippen molar-refractivity contribution < 1.29 is 9.90 Å². The topological polar surface area (TPSA) is 37.3 Å². The molecule has 1 fully saturated rings. The predicted molar refractivity (Wildman–Crippen MR) is 36.7 cm³/mol. The summed E-state index contributed by atoms with van der Waals surface area (Å²) >= 11 is 0. The van der Waals surface area contributed by atoms with Crippen molar-refractivity contribution in [2.24, 2.45) is 5.92 Å². The Morgan fingerprint density at radius 3 is 2.00 bits per heavy atom. The summed E-state index contributed by atoms with van der Waals surface area (Å²) in [5.41, 5.74) is 0. The van der Waals surface area contributed by atoms with Crippen molar-refractivity contribution in [3.63, 3.8) is 0 Å². The second-order valence-electron chi connectivity index (χ2n) is 2.32. The molecule has 1 saturated carbocycles. The number of rotatable bonds is 1. The Morgan fingerprint density at radius 1 is 1.33 bits per heavy atom. The van der Waals surface area contributed by atoms with Crippen LogP contribution >= 0.6 is 0 Å². The molecule has 0 saturated heterocycles. The molecule has 0 spiro atoms. The quantitative estimate of drug-likeness (QED) is 0.517. The Kier molecular flexibility index (Phi) is 4.01. The Bertz CT molecular complexity index is 97.2. The minimum atomic E-state index is -0.609. The number of carboxylic acid groups (broad SMARTS) is 1. The number of carbonyl (C=O) groups is 1. The Hall–Kier alpha value is 0.0674. The van der Waals surface area contributed by atoms with E-state index in [4.69, 9.17) is 5.11 Å². The molecule has 2 nitrogen and oxygen atoms in total. The maximum atomic E-state index is 10.2. The third-order valence-corrected chi connectivity index (χ3v) is 1.70. The summed E-state index contributed by atoms with van der Waals surface area (Å²) in [4.78, 5) is 10.2. The first-order valence-corrected chi connectivity index (χ1v) is 3.03. The normalized spacial score (nSPS) is 19.1. The second-order valence-corrected chi connectivity index (χ2v) is 2.32. The molecular weight excluding hydrogens is 111 g/mol. The molecule has 1 N–H and O–H groups in total. The van der Waals surface area contributed by atoms with E-state index in [9.17, 15) is 4.79 Å². The molecule has 0 atom stereocenters. The van der Waals surface area contributed by atoms with Gasteiger partial charge in [0.25, 0.3) is 0 Å². The van der Waals surface area contributed by atoms with Crippen LogP contribution in [0.4, 0.5) is 0 Å². The van der Waals surface area contributed by atoms with Gasteiger partial charge in [0, 0.05) is 0 Å². The fraction of sp³-hybridized carbons (Fsp3) is 0.833. The van der Waals surface area contributed by atoms with Gasteiger partial charge in [-0.2, -0.15) is 0 Å². The number of hydrogen-bond acceptors (Lipinski definition) is 1. The van der Waals surface area contributed by atoms with E-state index in [1.165, 1.54) is 0 Å². The van der Waals surface area contributed by atoms with Crippen LogP contribution in [0.2, 0.25) is 0 Å². The van der Waals surface area contributed by atoms with Gasteiger partial charge in [0.05, 0.1) is 5.92 Å². The molecule has 0 aliphatic heterocycles. The van der Waals surface area contributed by atoms with Gasteiger partial charge in [0.15, 0.2) is 0 Å². The molecule has 1 aliphatic carbocycles. The van der Waals surface area contributed by atoms with Crippen LogP contribution in [0.5, 0.6) is 0 Å². The van der Waals surface area contributed by atoms with Crippen LogP contribution in [-0.2, 0) is 4.79 Å². The Labute approximate surface area is 66.8 Å². The van der Waals surface area contributed by atoms with Crippen LogP contribution in [-0.4, -0.2) is 29.9 Å². The third-order valence-electron chi connectivity index (χ3n) is 1.70. The maximum absolute atomic E-state index is 10.2. The molecule has 9 heavy (non-hydrogen) atoms. The van der Waals surface area contributed by atoms with Crippen LogP contribution in [0, 0.1) is 5.92 Å². The van der Waals surface area contributed by atoms with Gasteiger partial charge in [0.2, 0.25) is 0 Å². The van der Waals surface area contributed by atoms with E-state index in [0.717, 1.165) is 25.7 Å². The number of hydrogen-bond donors (Lipinski definition) is 1. The fourth-order valence-electron chi connectivity index (χ4n) is 1.17. The molecule has 0 amide bonds. The van der Waals surface area contributed by atoms with Crippen molar-refractivity contribution in [3.05, 3.63) is 0 Å². The van der Waals surface area contributed by atoms with Crippen molar-refractivity contribution >= 4 is 24.8 Å². The van der Waals surface area contributed by atoms with E-state index in [0.29, 0.717) is 0 Å². The third kappa shape index (κ3) is 2.42. The van der Waals surface area contributed by atoms with Gasteiger partial charge in [0.1, 0.15) is 0 Å². The Morgan fingerprint density at radius 2 is 1.78 bits per heavy atom. The number of aliphatic carboxylic acids is 1. The first-order valence-electron chi connectivity index (χ1n) is 3.03. The molecule has 0 heterocycles. The summed E-state index contributed by atoms with van der Waals surface area (Å²) in [7, 11) is 0. The summed E-state index contributed by atoms with van der Waals surface area (Å²) in [5.74, 6) is -0.627. The van der Waals surface area contributed by atoms with Crippen molar-refractivity contribution in [3.8, 4) is 0 Å². The summed E-state index contributed by atoms with van der Waals surface area (Å²) < 4.78 is 0. The van der Waals surface area contributed by atoms with Gasteiger partial charge in [-0.25, -0.2) is 0 Å². The van der Waals surface area contributed by atoms with Crippen LogP contribution in [0.15, 0.2) is 0 Å². The van der Waals surface area contributed by atoms with E-state index in [1.807, 2.05) is 0 Å². The van der Waals surface area contributed by atoms with E-state index < -0.39 is 5.97 Å². The van der Waals surface area contributed by atoms with Gasteiger partial charge < -0.3 is 5.11 Å². The average Bonchev–Trinajstić information content (AvgIpc) is 2.12. The average molecular weight is 122 g/mol. The van der Waals surface area contributed by atoms with Crippen LogP contribution in [0.3, 0.4) is 0 Å². The van der Waals surface area contributed by atoms with E-state index in [2.05, 4.69) is 0 Å². The van der Waals surface area contributed by atoms with Crippen molar-refractivity contribution in [2.45, 2.75) is 25.7 Å². The van der Waals surface area contributed by atoms with Gasteiger partial charge >= 0.3 is 24.8 Å². The van der Waals surface area contributed by atoms with Crippen LogP contribution < -0.4 is 0 Å². The monoisotopic (exact) mass is 122 g/mol. The molecule has 0 unspecified atom stereocenters. The summed E-state index contributed by atoms with van der Waals surface area (Å²) in [6.45, 7) is 0. The van der Waals surface area contributed by atoms with Gasteiger partial charge in [-0.1, -0.05) is 12.8 Å². The fourth-order valence-corrected chi connectivity index (χ4v) is 1.17. The molecule has 0 bridgehead atoms. The van der Waals surface area contributed by atoms with Crippen molar-refractivity contribution in [1.82, 2.24) is 0 Å². The summed E-state index contributed by atoms with van der Waals surface area (Å²) in [5, 5.41) is 8.41. The van der Waals surface area contributed by atoms with Gasteiger partial charge in [-0.3, -0.25) is 4.79 Å². The molecule has 0 aromatic carbocycles. The van der Waals surface area contributed by atoms with E-state index >= 15 is 0 Å². The number of carboxylic acids is 1. The van der Waals surface area contributed by atoms with Crippen molar-refractivity contribution in [1.29, 1.82) is 0 Å². The zero-order valence-corrected chi connectivity index (χ0v) is 4.76. The van der Waals surface area contributed by atoms with Gasteiger partial charge in [-0.05, 0) is 12.8 Å². The standard InChI is InChI=1S/C6H10O2.Li.H/c7-6(8)5-3-1-2-4-5;;/h5H,1-4H2,(H,7,8);;. The molecule has 1 aliphatic rings. The van der Waals surface area contributed by atoms with Crippen molar-refractivity contribution in [2.75, 3.05) is 0 Å². The van der Waals surface area contributed by atoms with Crippen LogP contribution in [0.25, 0.3) is 0 Å².